The first-order chi connectivity index (χ1) is 13.1. The van der Waals surface area contributed by atoms with Gasteiger partial charge in [0.1, 0.15) is 10.9 Å². The highest BCUT2D eigenvalue weighted by Crippen LogP contribution is 2.40. The molecule has 1 N–H and O–H groups in total. The van der Waals surface area contributed by atoms with E-state index in [2.05, 4.69) is 24.4 Å². The number of rotatable bonds is 6. The summed E-state index contributed by atoms with van der Waals surface area (Å²) < 4.78 is 0. The molecule has 0 spiro atoms. The molecule has 5 heteroatoms. The largest absolute Gasteiger partial charge is 0.351 e. The standard InChI is InChI=1S/C22H23N3OS/c1-14-7-9-16(10-8-14)13-23-21(26)15(2)27-22-18-5-3-4-6-19(18)24-20(25-22)17-11-12-17/h3-10,15,17H,11-13H2,1-2H3,(H,23,26). The summed E-state index contributed by atoms with van der Waals surface area (Å²) in [5, 5.41) is 4.73. The van der Waals surface area contributed by atoms with Gasteiger partial charge in [-0.3, -0.25) is 4.79 Å². The molecule has 4 nitrogen and oxygen atoms in total. The molecule has 0 saturated heterocycles. The lowest BCUT2D eigenvalue weighted by Gasteiger charge is -2.14. The Labute approximate surface area is 163 Å². The fourth-order valence-corrected chi connectivity index (χ4v) is 3.91. The molecule has 1 amide bonds. The lowest BCUT2D eigenvalue weighted by Crippen LogP contribution is -2.30. The van der Waals surface area contributed by atoms with Gasteiger partial charge in [0, 0.05) is 17.8 Å². The van der Waals surface area contributed by atoms with Crippen LogP contribution in [0.5, 0.6) is 0 Å². The summed E-state index contributed by atoms with van der Waals surface area (Å²) in [7, 11) is 0. The number of amides is 1. The molecule has 138 valence electrons. The number of carbonyl (C=O) groups excluding carboxylic acids is 1. The summed E-state index contributed by atoms with van der Waals surface area (Å²) in [6, 6.07) is 16.3. The van der Waals surface area contributed by atoms with E-state index in [4.69, 9.17) is 9.97 Å². The number of aromatic nitrogens is 2. The van der Waals surface area contributed by atoms with Crippen LogP contribution in [0.15, 0.2) is 53.6 Å². The van der Waals surface area contributed by atoms with E-state index in [1.165, 1.54) is 17.3 Å². The van der Waals surface area contributed by atoms with Crippen LogP contribution in [0, 0.1) is 6.92 Å². The van der Waals surface area contributed by atoms with Crippen LogP contribution in [0.3, 0.4) is 0 Å². The SMILES string of the molecule is Cc1ccc(CNC(=O)C(C)Sc2nc(C3CC3)nc3ccccc23)cc1. The molecular formula is C22H23N3OS. The van der Waals surface area contributed by atoms with Gasteiger partial charge in [-0.15, -0.1) is 0 Å². The minimum atomic E-state index is -0.221. The molecule has 0 radical (unpaired) electrons. The van der Waals surface area contributed by atoms with E-state index in [0.717, 1.165) is 40.2 Å². The predicted molar refractivity (Wildman–Crippen MR) is 110 cm³/mol. The van der Waals surface area contributed by atoms with Gasteiger partial charge in [-0.1, -0.05) is 59.8 Å². The molecule has 1 fully saturated rings. The van der Waals surface area contributed by atoms with Crippen LogP contribution < -0.4 is 5.32 Å². The second-order valence-electron chi connectivity index (χ2n) is 7.14. The molecule has 2 aromatic carbocycles. The number of para-hydroxylation sites is 1. The number of carbonyl (C=O) groups is 1. The molecule has 3 aromatic rings. The molecule has 0 bridgehead atoms. The van der Waals surface area contributed by atoms with Gasteiger partial charge in [0.15, 0.2) is 0 Å². The number of hydrogen-bond acceptors (Lipinski definition) is 4. The average molecular weight is 378 g/mol. The number of thioether (sulfide) groups is 1. The smallest absolute Gasteiger partial charge is 0.233 e. The Kier molecular flexibility index (Phi) is 5.12. The van der Waals surface area contributed by atoms with Gasteiger partial charge in [-0.05, 0) is 38.3 Å². The fourth-order valence-electron chi connectivity index (χ4n) is 2.94. The first-order valence-corrected chi connectivity index (χ1v) is 10.2. The van der Waals surface area contributed by atoms with E-state index in [1.807, 2.05) is 43.3 Å². The Balaban J connectivity index is 1.47. The highest BCUT2D eigenvalue weighted by molar-refractivity contribution is 8.00. The lowest BCUT2D eigenvalue weighted by atomic mass is 10.1. The summed E-state index contributed by atoms with van der Waals surface area (Å²) in [6.07, 6.45) is 2.32. The van der Waals surface area contributed by atoms with Crippen molar-refractivity contribution in [1.29, 1.82) is 0 Å². The Morgan fingerprint density at radius 1 is 1.15 bits per heavy atom. The van der Waals surface area contributed by atoms with Crippen molar-refractivity contribution in [2.24, 2.45) is 0 Å². The van der Waals surface area contributed by atoms with Gasteiger partial charge in [-0.2, -0.15) is 0 Å². The zero-order chi connectivity index (χ0) is 18.8. The lowest BCUT2D eigenvalue weighted by molar-refractivity contribution is -0.120. The number of nitrogens with one attached hydrogen (secondary N) is 1. The number of fused-ring (bicyclic) bond motifs is 1. The Hall–Kier alpha value is -2.40. The van der Waals surface area contributed by atoms with Crippen LogP contribution in [-0.4, -0.2) is 21.1 Å². The fraction of sp³-hybridized carbons (Fsp3) is 0.318. The molecule has 27 heavy (non-hydrogen) atoms. The highest BCUT2D eigenvalue weighted by Gasteiger charge is 2.28. The van der Waals surface area contributed by atoms with Crippen LogP contribution in [0.1, 0.15) is 42.6 Å². The first-order valence-electron chi connectivity index (χ1n) is 9.37. The van der Waals surface area contributed by atoms with E-state index in [9.17, 15) is 4.79 Å². The second-order valence-corrected chi connectivity index (χ2v) is 8.47. The maximum atomic E-state index is 12.6. The summed E-state index contributed by atoms with van der Waals surface area (Å²) >= 11 is 1.51. The average Bonchev–Trinajstić information content (AvgIpc) is 3.52. The molecule has 1 unspecified atom stereocenters. The normalized spacial score (nSPS) is 14.9. The summed E-state index contributed by atoms with van der Waals surface area (Å²) in [5.41, 5.74) is 3.29. The summed E-state index contributed by atoms with van der Waals surface area (Å²) in [4.78, 5) is 22.1. The van der Waals surface area contributed by atoms with Gasteiger partial charge >= 0.3 is 0 Å². The van der Waals surface area contributed by atoms with Gasteiger partial charge in [0.2, 0.25) is 5.91 Å². The van der Waals surface area contributed by atoms with Gasteiger partial charge < -0.3 is 5.32 Å². The number of aryl methyl sites for hydroxylation is 1. The zero-order valence-electron chi connectivity index (χ0n) is 15.6. The van der Waals surface area contributed by atoms with Crippen molar-refractivity contribution >= 4 is 28.6 Å². The predicted octanol–water partition coefficient (Wildman–Crippen LogP) is 4.61. The first kappa shape index (κ1) is 18.0. The van der Waals surface area contributed by atoms with Gasteiger partial charge in [0.05, 0.1) is 10.8 Å². The Bertz CT molecular complexity index is 967. The van der Waals surface area contributed by atoms with Crippen molar-refractivity contribution in [3.63, 3.8) is 0 Å². The molecule has 1 aliphatic carbocycles. The highest BCUT2D eigenvalue weighted by atomic mass is 32.2. The van der Waals surface area contributed by atoms with Crippen LogP contribution >= 0.6 is 11.8 Å². The van der Waals surface area contributed by atoms with Crippen molar-refractivity contribution in [2.45, 2.75) is 49.4 Å². The second kappa shape index (κ2) is 7.69. The van der Waals surface area contributed by atoms with E-state index >= 15 is 0 Å². The van der Waals surface area contributed by atoms with Gasteiger partial charge in [-0.25, -0.2) is 9.97 Å². The minimum absolute atomic E-state index is 0.0243. The third-order valence-corrected chi connectivity index (χ3v) is 5.88. The quantitative estimate of drug-likeness (QED) is 0.503. The Morgan fingerprint density at radius 3 is 2.63 bits per heavy atom. The van der Waals surface area contributed by atoms with Crippen molar-refractivity contribution < 1.29 is 4.79 Å². The topological polar surface area (TPSA) is 54.9 Å². The molecular weight excluding hydrogens is 354 g/mol. The maximum Gasteiger partial charge on any atom is 0.233 e. The van der Waals surface area contributed by atoms with E-state index in [1.54, 1.807) is 0 Å². The summed E-state index contributed by atoms with van der Waals surface area (Å²) in [5.74, 6) is 1.43. The minimum Gasteiger partial charge on any atom is -0.351 e. The molecule has 1 atom stereocenters. The third-order valence-electron chi connectivity index (χ3n) is 4.77. The van der Waals surface area contributed by atoms with Crippen LogP contribution in [0.25, 0.3) is 10.9 Å². The van der Waals surface area contributed by atoms with Crippen molar-refractivity contribution in [2.75, 3.05) is 0 Å². The van der Waals surface area contributed by atoms with Crippen LogP contribution in [0.4, 0.5) is 0 Å². The number of benzene rings is 2. The van der Waals surface area contributed by atoms with E-state index in [0.29, 0.717) is 12.5 Å². The van der Waals surface area contributed by atoms with Crippen LogP contribution in [-0.2, 0) is 11.3 Å². The molecule has 4 rings (SSSR count). The van der Waals surface area contributed by atoms with E-state index < -0.39 is 0 Å². The number of hydrogen-bond donors (Lipinski definition) is 1. The van der Waals surface area contributed by atoms with Crippen molar-refractivity contribution in [1.82, 2.24) is 15.3 Å². The van der Waals surface area contributed by atoms with Gasteiger partial charge in [0.25, 0.3) is 0 Å². The monoisotopic (exact) mass is 377 g/mol. The number of nitrogens with zero attached hydrogens (tertiary/aromatic N) is 2. The molecule has 0 aliphatic heterocycles. The molecule has 1 heterocycles. The van der Waals surface area contributed by atoms with Crippen molar-refractivity contribution in [3.8, 4) is 0 Å². The molecule has 1 aliphatic rings. The summed E-state index contributed by atoms with van der Waals surface area (Å²) in [6.45, 7) is 4.54. The Morgan fingerprint density at radius 2 is 1.89 bits per heavy atom. The van der Waals surface area contributed by atoms with E-state index in [-0.39, 0.29) is 11.2 Å². The molecule has 1 saturated carbocycles. The maximum absolute atomic E-state index is 12.6. The third kappa shape index (κ3) is 4.30. The van der Waals surface area contributed by atoms with Crippen LogP contribution in [0.2, 0.25) is 0 Å². The molecule has 1 aromatic heterocycles. The van der Waals surface area contributed by atoms with Crippen molar-refractivity contribution in [3.05, 3.63) is 65.5 Å². The zero-order valence-corrected chi connectivity index (χ0v) is 16.4.